The van der Waals surface area contributed by atoms with Gasteiger partial charge in [-0.2, -0.15) is 0 Å². The Labute approximate surface area is 118 Å². The number of benzene rings is 1. The standard InChI is InChI=1S/C13H9Cl2NO3/c14-7-1-2-8(10(15)5-7)9-3-4-12(17)16-11(9)6-13(18)19/h1-5H,6H2,(H,16,17)(H,18,19). The summed E-state index contributed by atoms with van der Waals surface area (Å²) in [6, 6.07) is 7.77. The molecule has 2 aromatic rings. The highest BCUT2D eigenvalue weighted by molar-refractivity contribution is 6.36. The molecule has 0 radical (unpaired) electrons. The van der Waals surface area contributed by atoms with Crippen molar-refractivity contribution in [3.63, 3.8) is 0 Å². The lowest BCUT2D eigenvalue weighted by molar-refractivity contribution is -0.136. The van der Waals surface area contributed by atoms with Gasteiger partial charge < -0.3 is 10.1 Å². The largest absolute Gasteiger partial charge is 0.481 e. The third-order valence-electron chi connectivity index (χ3n) is 2.55. The molecule has 1 aromatic carbocycles. The third-order valence-corrected chi connectivity index (χ3v) is 3.10. The summed E-state index contributed by atoms with van der Waals surface area (Å²) < 4.78 is 0. The van der Waals surface area contributed by atoms with Crippen LogP contribution in [-0.2, 0) is 11.2 Å². The molecule has 2 rings (SSSR count). The van der Waals surface area contributed by atoms with Crippen molar-refractivity contribution >= 4 is 29.2 Å². The number of H-pyrrole nitrogens is 1. The number of carboxylic acid groups (broad SMARTS) is 1. The first kappa shape index (κ1) is 13.6. The van der Waals surface area contributed by atoms with E-state index in [-0.39, 0.29) is 12.0 Å². The van der Waals surface area contributed by atoms with Crippen molar-refractivity contribution in [1.29, 1.82) is 0 Å². The second-order valence-electron chi connectivity index (χ2n) is 3.91. The van der Waals surface area contributed by atoms with Crippen LogP contribution in [0.4, 0.5) is 0 Å². The highest BCUT2D eigenvalue weighted by Crippen LogP contribution is 2.31. The fraction of sp³-hybridized carbons (Fsp3) is 0.0769. The van der Waals surface area contributed by atoms with Crippen molar-refractivity contribution in [2.45, 2.75) is 6.42 Å². The number of carboxylic acids is 1. The van der Waals surface area contributed by atoms with Gasteiger partial charge in [0.15, 0.2) is 0 Å². The molecule has 0 bridgehead atoms. The number of aliphatic carboxylic acids is 1. The Morgan fingerprint density at radius 2 is 1.84 bits per heavy atom. The second-order valence-corrected chi connectivity index (χ2v) is 4.75. The quantitative estimate of drug-likeness (QED) is 0.915. The summed E-state index contributed by atoms with van der Waals surface area (Å²) in [5.74, 6) is -1.03. The second kappa shape index (κ2) is 5.47. The minimum atomic E-state index is -1.03. The molecule has 0 saturated carbocycles. The number of hydrogen-bond acceptors (Lipinski definition) is 2. The van der Waals surface area contributed by atoms with Crippen LogP contribution in [0, 0.1) is 0 Å². The monoisotopic (exact) mass is 297 g/mol. The molecule has 0 amide bonds. The fourth-order valence-electron chi connectivity index (χ4n) is 1.77. The molecule has 0 saturated heterocycles. The Morgan fingerprint density at radius 1 is 1.16 bits per heavy atom. The molecule has 0 fully saturated rings. The van der Waals surface area contributed by atoms with Crippen molar-refractivity contribution in [1.82, 2.24) is 4.98 Å². The zero-order valence-corrected chi connectivity index (χ0v) is 11.1. The van der Waals surface area contributed by atoms with Crippen molar-refractivity contribution < 1.29 is 9.90 Å². The van der Waals surface area contributed by atoms with Gasteiger partial charge in [-0.25, -0.2) is 0 Å². The molecule has 0 aliphatic rings. The molecule has 98 valence electrons. The molecule has 1 aromatic heterocycles. The molecule has 19 heavy (non-hydrogen) atoms. The summed E-state index contributed by atoms with van der Waals surface area (Å²) in [7, 11) is 0. The van der Waals surface area contributed by atoms with Crippen LogP contribution in [0.25, 0.3) is 11.1 Å². The average molecular weight is 298 g/mol. The number of rotatable bonds is 3. The van der Waals surface area contributed by atoms with Crippen LogP contribution < -0.4 is 5.56 Å². The average Bonchev–Trinajstić information content (AvgIpc) is 2.30. The molecule has 0 unspecified atom stereocenters. The van der Waals surface area contributed by atoms with E-state index in [2.05, 4.69) is 4.98 Å². The molecule has 0 aliphatic heterocycles. The SMILES string of the molecule is O=C(O)Cc1[nH]c(=O)ccc1-c1ccc(Cl)cc1Cl. The lowest BCUT2D eigenvalue weighted by Crippen LogP contribution is -2.12. The smallest absolute Gasteiger partial charge is 0.309 e. The maximum Gasteiger partial charge on any atom is 0.309 e. The Kier molecular flexibility index (Phi) is 3.93. The van der Waals surface area contributed by atoms with E-state index in [1.807, 2.05) is 0 Å². The van der Waals surface area contributed by atoms with Crippen LogP contribution in [0.2, 0.25) is 10.0 Å². The number of halogens is 2. The number of pyridine rings is 1. The van der Waals surface area contributed by atoms with E-state index in [0.717, 1.165) is 0 Å². The first-order chi connectivity index (χ1) is 8.97. The summed E-state index contributed by atoms with van der Waals surface area (Å²) in [6.45, 7) is 0. The van der Waals surface area contributed by atoms with Gasteiger partial charge in [0.1, 0.15) is 0 Å². The fourth-order valence-corrected chi connectivity index (χ4v) is 2.28. The Hall–Kier alpha value is -1.78. The highest BCUT2D eigenvalue weighted by Gasteiger charge is 2.12. The molecule has 0 spiro atoms. The predicted molar refractivity (Wildman–Crippen MR) is 73.9 cm³/mol. The minimum Gasteiger partial charge on any atom is -0.481 e. The van der Waals surface area contributed by atoms with Crippen molar-refractivity contribution in [3.8, 4) is 11.1 Å². The van der Waals surface area contributed by atoms with E-state index in [0.29, 0.717) is 26.9 Å². The minimum absolute atomic E-state index is 0.287. The van der Waals surface area contributed by atoms with E-state index in [1.165, 1.54) is 6.07 Å². The van der Waals surface area contributed by atoms with Gasteiger partial charge in [-0.05, 0) is 18.2 Å². The molecular weight excluding hydrogens is 289 g/mol. The van der Waals surface area contributed by atoms with E-state index in [1.54, 1.807) is 24.3 Å². The van der Waals surface area contributed by atoms with E-state index >= 15 is 0 Å². The van der Waals surface area contributed by atoms with Crippen LogP contribution >= 0.6 is 23.2 Å². The van der Waals surface area contributed by atoms with Crippen LogP contribution in [0.5, 0.6) is 0 Å². The third kappa shape index (κ3) is 3.16. The number of nitrogens with one attached hydrogen (secondary N) is 1. The van der Waals surface area contributed by atoms with E-state index in [9.17, 15) is 9.59 Å². The maximum atomic E-state index is 11.3. The number of aromatic nitrogens is 1. The Bertz CT molecular complexity index is 695. The lowest BCUT2D eigenvalue weighted by Gasteiger charge is -2.09. The predicted octanol–water partition coefficient (Wildman–Crippen LogP) is 2.98. The lowest BCUT2D eigenvalue weighted by atomic mass is 10.0. The van der Waals surface area contributed by atoms with Gasteiger partial charge in [-0.3, -0.25) is 9.59 Å². The first-order valence-electron chi connectivity index (χ1n) is 5.37. The van der Waals surface area contributed by atoms with Crippen molar-refractivity contribution in [2.24, 2.45) is 0 Å². The highest BCUT2D eigenvalue weighted by atomic mass is 35.5. The molecule has 0 atom stereocenters. The summed E-state index contributed by atoms with van der Waals surface area (Å²) in [5, 5.41) is 9.75. The zero-order chi connectivity index (χ0) is 14.0. The van der Waals surface area contributed by atoms with Crippen LogP contribution in [0.3, 0.4) is 0 Å². The van der Waals surface area contributed by atoms with Crippen LogP contribution in [-0.4, -0.2) is 16.1 Å². The van der Waals surface area contributed by atoms with Gasteiger partial charge in [0.25, 0.3) is 0 Å². The van der Waals surface area contributed by atoms with Gasteiger partial charge in [0.05, 0.1) is 6.42 Å². The molecular formula is C13H9Cl2NO3. The zero-order valence-electron chi connectivity index (χ0n) is 9.61. The summed E-state index contributed by atoms with van der Waals surface area (Å²) in [6.07, 6.45) is -0.287. The summed E-state index contributed by atoms with van der Waals surface area (Å²) in [5.41, 5.74) is 1.15. The molecule has 2 N–H and O–H groups in total. The molecule has 4 nitrogen and oxygen atoms in total. The topological polar surface area (TPSA) is 70.2 Å². The molecule has 1 heterocycles. The van der Waals surface area contributed by atoms with Crippen molar-refractivity contribution in [3.05, 3.63) is 56.4 Å². The van der Waals surface area contributed by atoms with Gasteiger partial charge in [-0.15, -0.1) is 0 Å². The van der Waals surface area contributed by atoms with Crippen LogP contribution in [0.1, 0.15) is 5.69 Å². The van der Waals surface area contributed by atoms with Crippen LogP contribution in [0.15, 0.2) is 35.1 Å². The number of carbonyl (C=O) groups is 1. The normalized spacial score (nSPS) is 10.4. The van der Waals surface area contributed by atoms with Gasteiger partial charge in [-0.1, -0.05) is 29.3 Å². The van der Waals surface area contributed by atoms with E-state index in [4.69, 9.17) is 28.3 Å². The Balaban J connectivity index is 2.60. The van der Waals surface area contributed by atoms with Gasteiger partial charge in [0.2, 0.25) is 5.56 Å². The van der Waals surface area contributed by atoms with Gasteiger partial charge >= 0.3 is 5.97 Å². The number of hydrogen-bond donors (Lipinski definition) is 2. The first-order valence-corrected chi connectivity index (χ1v) is 6.12. The molecule has 0 aliphatic carbocycles. The van der Waals surface area contributed by atoms with E-state index < -0.39 is 5.97 Å². The summed E-state index contributed by atoms with van der Waals surface area (Å²) >= 11 is 11.9. The Morgan fingerprint density at radius 3 is 2.47 bits per heavy atom. The van der Waals surface area contributed by atoms with Crippen molar-refractivity contribution in [2.75, 3.05) is 0 Å². The maximum absolute atomic E-state index is 11.3. The van der Waals surface area contributed by atoms with Gasteiger partial charge in [0, 0.05) is 32.9 Å². The number of aromatic amines is 1. The summed E-state index contributed by atoms with van der Waals surface area (Å²) in [4.78, 5) is 24.6. The molecule has 6 heteroatoms.